The highest BCUT2D eigenvalue weighted by molar-refractivity contribution is 9.10. The van der Waals surface area contributed by atoms with E-state index in [2.05, 4.69) is 26.3 Å². The van der Waals surface area contributed by atoms with Gasteiger partial charge < -0.3 is 10.2 Å². The van der Waals surface area contributed by atoms with Crippen LogP contribution in [0.4, 0.5) is 11.4 Å². The molecule has 0 amide bonds. The highest BCUT2D eigenvalue weighted by atomic mass is 79.9. The average molecular weight is 303 g/mol. The zero-order valence-electron chi connectivity index (χ0n) is 8.93. The van der Waals surface area contributed by atoms with Gasteiger partial charge in [0.2, 0.25) is 0 Å². The summed E-state index contributed by atoms with van der Waals surface area (Å²) in [7, 11) is 0. The number of nitro groups is 1. The summed E-state index contributed by atoms with van der Waals surface area (Å²) in [5, 5.41) is 12.8. The van der Waals surface area contributed by atoms with Crippen molar-refractivity contribution in [3.05, 3.63) is 27.0 Å². The maximum absolute atomic E-state index is 10.9. The van der Waals surface area contributed by atoms with E-state index in [9.17, 15) is 10.1 Å². The molecule has 0 saturated carbocycles. The van der Waals surface area contributed by atoms with E-state index in [1.807, 2.05) is 5.01 Å². The van der Waals surface area contributed by atoms with Crippen LogP contribution >= 0.6 is 15.9 Å². The number of anilines is 1. The fourth-order valence-electron chi connectivity index (χ4n) is 1.51. The first-order valence-electron chi connectivity index (χ1n) is 5.05. The fourth-order valence-corrected chi connectivity index (χ4v) is 1.92. The first-order valence-corrected chi connectivity index (χ1v) is 5.85. The minimum atomic E-state index is -0.458. The van der Waals surface area contributed by atoms with Crippen LogP contribution < -0.4 is 5.43 Å². The number of halogens is 1. The van der Waals surface area contributed by atoms with E-state index in [1.165, 1.54) is 12.4 Å². The lowest BCUT2D eigenvalue weighted by molar-refractivity contribution is -0.384. The van der Waals surface area contributed by atoms with Crippen LogP contribution in [0.3, 0.4) is 0 Å². The Bertz CT molecular complexity index is 423. The minimum Gasteiger partial charge on any atom is -0.379 e. The van der Waals surface area contributed by atoms with E-state index in [0.29, 0.717) is 36.5 Å². The molecule has 0 bridgehead atoms. The topological polar surface area (TPSA) is 80.5 Å². The summed E-state index contributed by atoms with van der Waals surface area (Å²) >= 11 is 3.25. The van der Waals surface area contributed by atoms with Crippen LogP contribution in [0.1, 0.15) is 0 Å². The molecule has 0 spiro atoms. The van der Waals surface area contributed by atoms with Crippen LogP contribution in [0, 0.1) is 10.1 Å². The first-order chi connectivity index (χ1) is 8.18. The van der Waals surface area contributed by atoms with Crippen molar-refractivity contribution in [2.45, 2.75) is 0 Å². The first kappa shape index (κ1) is 12.2. The molecule has 92 valence electrons. The van der Waals surface area contributed by atoms with Crippen molar-refractivity contribution in [1.29, 1.82) is 0 Å². The lowest BCUT2D eigenvalue weighted by Crippen LogP contribution is -2.40. The number of pyridine rings is 1. The number of rotatable bonds is 3. The lowest BCUT2D eigenvalue weighted by atomic mass is 10.3. The zero-order chi connectivity index (χ0) is 12.3. The van der Waals surface area contributed by atoms with Crippen LogP contribution in [0.2, 0.25) is 0 Å². The maximum atomic E-state index is 10.9. The van der Waals surface area contributed by atoms with Gasteiger partial charge in [-0.25, -0.2) is 5.01 Å². The van der Waals surface area contributed by atoms with Crippen LogP contribution in [0.15, 0.2) is 16.9 Å². The molecule has 1 fully saturated rings. The molecule has 0 aromatic carbocycles. The summed E-state index contributed by atoms with van der Waals surface area (Å²) in [6.07, 6.45) is 2.75. The minimum absolute atomic E-state index is 0.0501. The van der Waals surface area contributed by atoms with Gasteiger partial charge >= 0.3 is 5.69 Å². The van der Waals surface area contributed by atoms with Gasteiger partial charge in [0.1, 0.15) is 11.9 Å². The molecule has 1 aliphatic heterocycles. The van der Waals surface area contributed by atoms with Crippen LogP contribution in [-0.2, 0) is 4.74 Å². The van der Waals surface area contributed by atoms with Gasteiger partial charge in [0.05, 0.1) is 22.6 Å². The number of ether oxygens (including phenoxy) is 1. The highest BCUT2D eigenvalue weighted by Gasteiger charge is 2.20. The van der Waals surface area contributed by atoms with E-state index in [1.54, 1.807) is 0 Å². The average Bonchev–Trinajstić information content (AvgIpc) is 2.33. The fraction of sp³-hybridized carbons (Fsp3) is 0.444. The molecular formula is C9H11BrN4O3. The lowest BCUT2D eigenvalue weighted by Gasteiger charge is -2.27. The molecule has 17 heavy (non-hydrogen) atoms. The van der Waals surface area contributed by atoms with E-state index in [4.69, 9.17) is 4.74 Å². The van der Waals surface area contributed by atoms with Crippen molar-refractivity contribution in [3.8, 4) is 0 Å². The summed E-state index contributed by atoms with van der Waals surface area (Å²) < 4.78 is 5.77. The third kappa shape index (κ3) is 2.90. The molecule has 7 nitrogen and oxygen atoms in total. The molecule has 2 heterocycles. The Labute approximate surface area is 106 Å². The molecule has 0 radical (unpaired) electrons. The van der Waals surface area contributed by atoms with E-state index in [0.717, 1.165) is 0 Å². The molecule has 1 aromatic heterocycles. The summed E-state index contributed by atoms with van der Waals surface area (Å²) in [5.41, 5.74) is 3.40. The van der Waals surface area contributed by atoms with Gasteiger partial charge in [-0.3, -0.25) is 15.1 Å². The molecule has 0 aliphatic carbocycles. The van der Waals surface area contributed by atoms with Crippen molar-refractivity contribution < 1.29 is 9.66 Å². The Balaban J connectivity index is 2.21. The zero-order valence-corrected chi connectivity index (χ0v) is 10.5. The van der Waals surface area contributed by atoms with Crippen molar-refractivity contribution in [3.63, 3.8) is 0 Å². The molecule has 1 N–H and O–H groups in total. The molecule has 1 aromatic rings. The van der Waals surface area contributed by atoms with Gasteiger partial charge in [-0.1, -0.05) is 0 Å². The largest absolute Gasteiger partial charge is 0.379 e. The van der Waals surface area contributed by atoms with E-state index < -0.39 is 4.92 Å². The Hall–Kier alpha value is -1.25. The molecular weight excluding hydrogens is 292 g/mol. The molecule has 0 unspecified atom stereocenters. The second-order valence-corrected chi connectivity index (χ2v) is 4.34. The van der Waals surface area contributed by atoms with E-state index >= 15 is 0 Å². The van der Waals surface area contributed by atoms with Gasteiger partial charge in [-0.15, -0.1) is 0 Å². The second kappa shape index (κ2) is 5.39. The number of nitrogens with zero attached hydrogens (tertiary/aromatic N) is 3. The van der Waals surface area contributed by atoms with Crippen LogP contribution in [-0.4, -0.2) is 41.2 Å². The predicted molar refractivity (Wildman–Crippen MR) is 64.6 cm³/mol. The van der Waals surface area contributed by atoms with Crippen LogP contribution in [0.5, 0.6) is 0 Å². The van der Waals surface area contributed by atoms with Crippen molar-refractivity contribution >= 4 is 27.3 Å². The van der Waals surface area contributed by atoms with Crippen LogP contribution in [0.25, 0.3) is 0 Å². The monoisotopic (exact) mass is 302 g/mol. The smallest absolute Gasteiger partial charge is 0.312 e. The van der Waals surface area contributed by atoms with Gasteiger partial charge in [0.25, 0.3) is 0 Å². The Morgan fingerprint density at radius 1 is 1.47 bits per heavy atom. The number of hydrazine groups is 1. The van der Waals surface area contributed by atoms with Gasteiger partial charge in [0.15, 0.2) is 0 Å². The quantitative estimate of drug-likeness (QED) is 0.672. The van der Waals surface area contributed by atoms with Crippen molar-refractivity contribution in [2.24, 2.45) is 0 Å². The predicted octanol–water partition coefficient (Wildman–Crippen LogP) is 1.41. The van der Waals surface area contributed by atoms with Crippen molar-refractivity contribution in [2.75, 3.05) is 31.7 Å². The van der Waals surface area contributed by atoms with E-state index in [-0.39, 0.29) is 5.69 Å². The molecule has 1 saturated heterocycles. The number of hydrogen-bond acceptors (Lipinski definition) is 6. The summed E-state index contributed by atoms with van der Waals surface area (Å²) in [6.45, 7) is 2.60. The number of aromatic nitrogens is 1. The van der Waals surface area contributed by atoms with Gasteiger partial charge in [-0.05, 0) is 15.9 Å². The summed E-state index contributed by atoms with van der Waals surface area (Å²) in [5.74, 6) is 0. The number of hydrogen-bond donors (Lipinski definition) is 1. The molecule has 0 atom stereocenters. The van der Waals surface area contributed by atoms with Gasteiger partial charge in [0, 0.05) is 19.3 Å². The second-order valence-electron chi connectivity index (χ2n) is 3.48. The standard InChI is InChI=1S/C9H11BrN4O3/c10-7-5-11-6-8(14(15)16)9(7)12-13-1-3-17-4-2-13/h5-6H,1-4H2,(H,11,12). The normalized spacial score (nSPS) is 16.8. The summed E-state index contributed by atoms with van der Waals surface area (Å²) in [6, 6.07) is 0. The van der Waals surface area contributed by atoms with Crippen molar-refractivity contribution in [1.82, 2.24) is 9.99 Å². The molecule has 1 aliphatic rings. The Kier molecular flexibility index (Phi) is 3.87. The molecule has 2 rings (SSSR count). The maximum Gasteiger partial charge on any atom is 0.312 e. The highest BCUT2D eigenvalue weighted by Crippen LogP contribution is 2.31. The Morgan fingerprint density at radius 3 is 2.82 bits per heavy atom. The molecule has 8 heteroatoms. The number of morpholine rings is 1. The SMILES string of the molecule is O=[N+]([O-])c1cncc(Br)c1NN1CCOCC1. The van der Waals surface area contributed by atoms with Gasteiger partial charge in [-0.2, -0.15) is 0 Å². The third-order valence-electron chi connectivity index (χ3n) is 2.36. The number of nitrogens with one attached hydrogen (secondary N) is 1. The Morgan fingerprint density at radius 2 is 2.18 bits per heavy atom. The third-order valence-corrected chi connectivity index (χ3v) is 2.96. The summed E-state index contributed by atoms with van der Waals surface area (Å²) in [4.78, 5) is 14.2.